The van der Waals surface area contributed by atoms with Gasteiger partial charge in [-0.1, -0.05) is 20.8 Å². The summed E-state index contributed by atoms with van der Waals surface area (Å²) in [5.74, 6) is 0.656. The summed E-state index contributed by atoms with van der Waals surface area (Å²) < 4.78 is 51.7. The predicted molar refractivity (Wildman–Crippen MR) is 159 cm³/mol. The number of aromatic nitrogens is 2. The van der Waals surface area contributed by atoms with E-state index >= 15 is 0 Å². The first kappa shape index (κ1) is 31.6. The molecular weight excluding hydrogens is 567 g/mol. The van der Waals surface area contributed by atoms with E-state index < -0.39 is 17.8 Å². The monoisotopic (exact) mass is 605 g/mol. The zero-order chi connectivity index (χ0) is 30.3. The van der Waals surface area contributed by atoms with E-state index in [2.05, 4.69) is 35.4 Å². The maximum Gasteiger partial charge on any atom is 0.416 e. The van der Waals surface area contributed by atoms with Gasteiger partial charge >= 0.3 is 12.3 Å². The normalized spacial score (nSPS) is 13.9. The fourth-order valence-electron chi connectivity index (χ4n) is 4.57. The van der Waals surface area contributed by atoms with Gasteiger partial charge in [0.05, 0.1) is 36.1 Å². The Morgan fingerprint density at radius 3 is 2.55 bits per heavy atom. The fourth-order valence-corrected chi connectivity index (χ4v) is 5.59. The second kappa shape index (κ2) is 14.2. The van der Waals surface area contributed by atoms with E-state index in [1.165, 1.54) is 10.9 Å². The maximum absolute atomic E-state index is 13.7. The van der Waals surface area contributed by atoms with Gasteiger partial charge in [-0.3, -0.25) is 5.32 Å². The number of carbonyl (C=O) groups is 1. The van der Waals surface area contributed by atoms with E-state index in [1.54, 1.807) is 11.3 Å². The lowest BCUT2D eigenvalue weighted by Crippen LogP contribution is -2.36. The SMILES string of the molecule is CCc1nc(CCc2cc(N3CCOCC3)cc(NCc3cc(NC(=O)OCC(C)C)cc(C(F)(F)F)c3)n2)sc1C. The first-order valence-corrected chi connectivity index (χ1v) is 15.0. The minimum absolute atomic E-state index is 0.0105. The summed E-state index contributed by atoms with van der Waals surface area (Å²) in [5, 5.41) is 6.69. The lowest BCUT2D eigenvalue weighted by molar-refractivity contribution is -0.137. The fraction of sp³-hybridized carbons (Fsp3) is 0.500. The molecule has 2 aromatic heterocycles. The van der Waals surface area contributed by atoms with Gasteiger partial charge in [0.1, 0.15) is 5.82 Å². The van der Waals surface area contributed by atoms with Crippen LogP contribution in [0, 0.1) is 12.8 Å². The van der Waals surface area contributed by atoms with Crippen LogP contribution in [0.1, 0.15) is 53.2 Å². The van der Waals surface area contributed by atoms with Crippen molar-refractivity contribution in [2.45, 2.75) is 59.7 Å². The standard InChI is InChI=1S/C30H38F3N5O3S/c1-5-26-20(4)42-28(37-26)7-6-23-15-25(38-8-10-40-11-9-38)16-27(35-23)34-17-21-12-22(30(31,32)33)14-24(13-21)36-29(39)41-18-19(2)3/h12-16,19H,5-11,17-18H2,1-4H3,(H,34,35)(H,36,39). The molecule has 0 spiro atoms. The van der Waals surface area contributed by atoms with Crippen molar-refractivity contribution in [3.8, 4) is 0 Å². The highest BCUT2D eigenvalue weighted by Gasteiger charge is 2.31. The highest BCUT2D eigenvalue weighted by atomic mass is 32.1. The van der Waals surface area contributed by atoms with Crippen LogP contribution in [0.25, 0.3) is 0 Å². The molecule has 228 valence electrons. The summed E-state index contributed by atoms with van der Waals surface area (Å²) in [7, 11) is 0. The minimum Gasteiger partial charge on any atom is -0.449 e. The van der Waals surface area contributed by atoms with Crippen molar-refractivity contribution in [3.63, 3.8) is 0 Å². The molecular formula is C30H38F3N5O3S. The van der Waals surface area contributed by atoms with Crippen molar-refractivity contribution in [2.24, 2.45) is 5.92 Å². The lowest BCUT2D eigenvalue weighted by atomic mass is 10.1. The number of alkyl halides is 3. The van der Waals surface area contributed by atoms with Crippen LogP contribution in [0.5, 0.6) is 0 Å². The molecule has 1 aromatic carbocycles. The van der Waals surface area contributed by atoms with E-state index in [1.807, 2.05) is 19.9 Å². The number of hydrogen-bond acceptors (Lipinski definition) is 8. The highest BCUT2D eigenvalue weighted by Crippen LogP contribution is 2.32. The van der Waals surface area contributed by atoms with E-state index in [9.17, 15) is 18.0 Å². The van der Waals surface area contributed by atoms with Crippen LogP contribution in [-0.4, -0.2) is 49.0 Å². The van der Waals surface area contributed by atoms with Gasteiger partial charge in [0.2, 0.25) is 0 Å². The Hall–Kier alpha value is -3.38. The Labute approximate surface area is 248 Å². The summed E-state index contributed by atoms with van der Waals surface area (Å²) in [6.07, 6.45) is -3.05. The number of halogens is 3. The summed E-state index contributed by atoms with van der Waals surface area (Å²) in [6.45, 7) is 10.9. The molecule has 1 fully saturated rings. The lowest BCUT2D eigenvalue weighted by Gasteiger charge is -2.29. The average Bonchev–Trinajstić information content (AvgIpc) is 3.33. The van der Waals surface area contributed by atoms with E-state index in [0.717, 1.165) is 60.1 Å². The van der Waals surface area contributed by atoms with E-state index in [0.29, 0.717) is 31.0 Å². The van der Waals surface area contributed by atoms with E-state index in [-0.39, 0.29) is 24.8 Å². The summed E-state index contributed by atoms with van der Waals surface area (Å²) in [5.41, 5.74) is 2.46. The number of thiazole rings is 1. The Morgan fingerprint density at radius 1 is 1.12 bits per heavy atom. The Morgan fingerprint density at radius 2 is 1.88 bits per heavy atom. The van der Waals surface area contributed by atoms with Gasteiger partial charge in [-0.2, -0.15) is 13.2 Å². The van der Waals surface area contributed by atoms with Crippen molar-refractivity contribution in [3.05, 3.63) is 62.7 Å². The molecule has 0 atom stereocenters. The molecule has 3 heterocycles. The number of pyridine rings is 1. The number of carbonyl (C=O) groups excluding carboxylic acids is 1. The Kier molecular flexibility index (Phi) is 10.7. The predicted octanol–water partition coefficient (Wildman–Crippen LogP) is 6.87. The summed E-state index contributed by atoms with van der Waals surface area (Å²) in [6, 6.07) is 7.45. The third kappa shape index (κ3) is 9.06. The van der Waals surface area contributed by atoms with Gasteiger partial charge in [0, 0.05) is 54.1 Å². The molecule has 1 aliphatic rings. The van der Waals surface area contributed by atoms with Gasteiger partial charge in [0.25, 0.3) is 0 Å². The van der Waals surface area contributed by atoms with Gasteiger partial charge in [0.15, 0.2) is 0 Å². The molecule has 8 nitrogen and oxygen atoms in total. The number of anilines is 3. The minimum atomic E-state index is -4.58. The summed E-state index contributed by atoms with van der Waals surface area (Å²) >= 11 is 1.70. The largest absolute Gasteiger partial charge is 0.449 e. The number of aryl methyl sites for hydroxylation is 4. The second-order valence-corrected chi connectivity index (χ2v) is 11.9. The Bertz CT molecular complexity index is 1360. The van der Waals surface area contributed by atoms with Crippen LogP contribution in [0.3, 0.4) is 0 Å². The summed E-state index contributed by atoms with van der Waals surface area (Å²) in [4.78, 5) is 25.1. The molecule has 2 N–H and O–H groups in total. The molecule has 3 aromatic rings. The van der Waals surface area contributed by atoms with Crippen molar-refractivity contribution in [2.75, 3.05) is 48.4 Å². The van der Waals surface area contributed by atoms with E-state index in [4.69, 9.17) is 19.4 Å². The van der Waals surface area contributed by atoms with Crippen LogP contribution < -0.4 is 15.5 Å². The number of rotatable bonds is 11. The second-order valence-electron chi connectivity index (χ2n) is 10.7. The first-order valence-electron chi connectivity index (χ1n) is 14.2. The van der Waals surface area contributed by atoms with Gasteiger partial charge in [-0.05, 0) is 55.5 Å². The highest BCUT2D eigenvalue weighted by molar-refractivity contribution is 7.11. The van der Waals surface area contributed by atoms with Gasteiger partial charge in [-0.15, -0.1) is 11.3 Å². The molecule has 1 amide bonds. The molecule has 0 aliphatic carbocycles. The van der Waals surface area contributed by atoms with Crippen LogP contribution in [0.15, 0.2) is 30.3 Å². The number of hydrogen-bond donors (Lipinski definition) is 2. The third-order valence-corrected chi connectivity index (χ3v) is 7.77. The average molecular weight is 606 g/mol. The van der Waals surface area contributed by atoms with Crippen molar-refractivity contribution in [1.82, 2.24) is 9.97 Å². The van der Waals surface area contributed by atoms with Gasteiger partial charge < -0.3 is 19.7 Å². The quantitative estimate of drug-likeness (QED) is 0.247. The third-order valence-electron chi connectivity index (χ3n) is 6.69. The Balaban J connectivity index is 1.54. The molecule has 0 bridgehead atoms. The maximum atomic E-state index is 13.7. The zero-order valence-electron chi connectivity index (χ0n) is 24.4. The number of benzene rings is 1. The molecule has 4 rings (SSSR count). The van der Waals surface area contributed by atoms with Crippen LogP contribution in [0.4, 0.5) is 35.2 Å². The number of nitrogens with one attached hydrogen (secondary N) is 2. The number of ether oxygens (including phenoxy) is 2. The number of nitrogens with zero attached hydrogens (tertiary/aromatic N) is 3. The van der Waals surface area contributed by atoms with Crippen LogP contribution in [-0.2, 0) is 41.5 Å². The molecule has 1 saturated heterocycles. The molecule has 0 unspecified atom stereocenters. The first-order chi connectivity index (χ1) is 20.0. The molecule has 0 radical (unpaired) electrons. The van der Waals surface area contributed by atoms with Crippen molar-refractivity contribution >= 4 is 34.6 Å². The van der Waals surface area contributed by atoms with Gasteiger partial charge in [-0.25, -0.2) is 14.8 Å². The number of amides is 1. The molecule has 1 aliphatic heterocycles. The molecule has 12 heteroatoms. The van der Waals surface area contributed by atoms with Crippen molar-refractivity contribution < 1.29 is 27.4 Å². The molecule has 0 saturated carbocycles. The number of morpholine rings is 1. The van der Waals surface area contributed by atoms with Crippen molar-refractivity contribution in [1.29, 1.82) is 0 Å². The zero-order valence-corrected chi connectivity index (χ0v) is 25.3. The molecule has 42 heavy (non-hydrogen) atoms. The van der Waals surface area contributed by atoms with Crippen LogP contribution >= 0.6 is 11.3 Å². The van der Waals surface area contributed by atoms with Crippen LogP contribution in [0.2, 0.25) is 0 Å². The topological polar surface area (TPSA) is 88.6 Å². The smallest absolute Gasteiger partial charge is 0.416 e.